The van der Waals surface area contributed by atoms with Crippen LogP contribution < -0.4 is 5.32 Å². The third-order valence-corrected chi connectivity index (χ3v) is 3.10. The van der Waals surface area contributed by atoms with E-state index in [-0.39, 0.29) is 11.7 Å². The SMILES string of the molecule is CC(=O)Nc1ccccc1-c1ccc(C(=O)C=CC(=O)O)cc1. The van der Waals surface area contributed by atoms with Gasteiger partial charge in [-0.2, -0.15) is 0 Å². The Hall–Kier alpha value is -3.21. The van der Waals surface area contributed by atoms with Gasteiger partial charge in [0.25, 0.3) is 0 Å². The van der Waals surface area contributed by atoms with E-state index in [2.05, 4.69) is 5.32 Å². The van der Waals surface area contributed by atoms with Gasteiger partial charge in [0, 0.05) is 29.8 Å². The van der Waals surface area contributed by atoms with Gasteiger partial charge in [-0.25, -0.2) is 4.79 Å². The Balaban J connectivity index is 2.28. The van der Waals surface area contributed by atoms with Gasteiger partial charge in [0.15, 0.2) is 5.78 Å². The van der Waals surface area contributed by atoms with Crippen molar-refractivity contribution < 1.29 is 19.5 Å². The van der Waals surface area contributed by atoms with E-state index < -0.39 is 5.97 Å². The van der Waals surface area contributed by atoms with Gasteiger partial charge in [0.2, 0.25) is 5.91 Å². The van der Waals surface area contributed by atoms with Crippen molar-refractivity contribution in [3.8, 4) is 11.1 Å². The molecule has 2 rings (SSSR count). The van der Waals surface area contributed by atoms with Gasteiger partial charge < -0.3 is 10.4 Å². The lowest BCUT2D eigenvalue weighted by molar-refractivity contribution is -0.131. The zero-order chi connectivity index (χ0) is 16.8. The molecule has 0 heterocycles. The number of allylic oxidation sites excluding steroid dienone is 1. The van der Waals surface area contributed by atoms with Crippen molar-refractivity contribution in [3.05, 3.63) is 66.2 Å². The fourth-order valence-corrected chi connectivity index (χ4v) is 2.09. The number of hydrogen-bond acceptors (Lipinski definition) is 3. The number of carboxylic acids is 1. The number of hydrogen-bond donors (Lipinski definition) is 2. The lowest BCUT2D eigenvalue weighted by Crippen LogP contribution is -2.06. The Bertz CT molecular complexity index is 776. The molecule has 0 atom stereocenters. The quantitative estimate of drug-likeness (QED) is 0.656. The highest BCUT2D eigenvalue weighted by Gasteiger charge is 2.07. The van der Waals surface area contributed by atoms with Crippen LogP contribution in [0.25, 0.3) is 11.1 Å². The minimum atomic E-state index is -1.17. The molecule has 0 saturated heterocycles. The van der Waals surface area contributed by atoms with Crippen LogP contribution in [0.1, 0.15) is 17.3 Å². The lowest BCUT2D eigenvalue weighted by atomic mass is 10.0. The van der Waals surface area contributed by atoms with E-state index in [1.807, 2.05) is 18.2 Å². The number of ketones is 1. The summed E-state index contributed by atoms with van der Waals surface area (Å²) in [6, 6.07) is 14.1. The monoisotopic (exact) mass is 309 g/mol. The maximum atomic E-state index is 11.8. The Kier molecular flexibility index (Phi) is 5.04. The van der Waals surface area contributed by atoms with Crippen molar-refractivity contribution >= 4 is 23.3 Å². The minimum Gasteiger partial charge on any atom is -0.478 e. The number of rotatable bonds is 5. The van der Waals surface area contributed by atoms with Crippen LogP contribution >= 0.6 is 0 Å². The van der Waals surface area contributed by atoms with Crippen molar-refractivity contribution in [2.45, 2.75) is 6.92 Å². The second-order valence-electron chi connectivity index (χ2n) is 4.84. The summed E-state index contributed by atoms with van der Waals surface area (Å²) in [4.78, 5) is 33.5. The summed E-state index contributed by atoms with van der Waals surface area (Å²) < 4.78 is 0. The molecule has 0 saturated carbocycles. The summed E-state index contributed by atoms with van der Waals surface area (Å²) >= 11 is 0. The molecule has 0 spiro atoms. The predicted molar refractivity (Wildman–Crippen MR) is 87.3 cm³/mol. The van der Waals surface area contributed by atoms with Crippen LogP contribution in [0.4, 0.5) is 5.69 Å². The fraction of sp³-hybridized carbons (Fsp3) is 0.0556. The van der Waals surface area contributed by atoms with Crippen molar-refractivity contribution in [1.82, 2.24) is 0 Å². The standard InChI is InChI=1S/C18H15NO4/c1-12(20)19-16-5-3-2-4-15(16)13-6-8-14(9-7-13)17(21)10-11-18(22)23/h2-11H,1H3,(H,19,20)(H,22,23). The second-order valence-corrected chi connectivity index (χ2v) is 4.84. The number of aliphatic carboxylic acids is 1. The van der Waals surface area contributed by atoms with Gasteiger partial charge in [0.1, 0.15) is 0 Å². The molecule has 0 aliphatic heterocycles. The van der Waals surface area contributed by atoms with E-state index in [0.717, 1.165) is 23.3 Å². The molecule has 0 aliphatic carbocycles. The maximum Gasteiger partial charge on any atom is 0.328 e. The van der Waals surface area contributed by atoms with Crippen LogP contribution in [0.5, 0.6) is 0 Å². The predicted octanol–water partition coefficient (Wildman–Crippen LogP) is 3.14. The van der Waals surface area contributed by atoms with Crippen LogP contribution in [0.15, 0.2) is 60.7 Å². The number of nitrogens with one attached hydrogen (secondary N) is 1. The first-order chi connectivity index (χ1) is 11.0. The van der Waals surface area contributed by atoms with Gasteiger partial charge in [-0.1, -0.05) is 42.5 Å². The van der Waals surface area contributed by atoms with Gasteiger partial charge in [-0.05, 0) is 17.7 Å². The highest BCUT2D eigenvalue weighted by Crippen LogP contribution is 2.28. The first-order valence-corrected chi connectivity index (χ1v) is 6.90. The molecule has 5 nitrogen and oxygen atoms in total. The number of para-hydroxylation sites is 1. The number of carbonyl (C=O) groups excluding carboxylic acids is 2. The molecule has 0 unspecified atom stereocenters. The second kappa shape index (κ2) is 7.17. The highest BCUT2D eigenvalue weighted by molar-refractivity contribution is 6.07. The van der Waals surface area contributed by atoms with E-state index in [9.17, 15) is 14.4 Å². The third kappa shape index (κ3) is 4.38. The van der Waals surface area contributed by atoms with E-state index in [1.54, 1.807) is 30.3 Å². The van der Waals surface area contributed by atoms with Crippen LogP contribution in [0.2, 0.25) is 0 Å². The van der Waals surface area contributed by atoms with Crippen LogP contribution in [0, 0.1) is 0 Å². The fourth-order valence-electron chi connectivity index (χ4n) is 2.09. The molecule has 0 bridgehead atoms. The van der Waals surface area contributed by atoms with Gasteiger partial charge in [-0.3, -0.25) is 9.59 Å². The first kappa shape index (κ1) is 16.2. The zero-order valence-electron chi connectivity index (χ0n) is 12.4. The van der Waals surface area contributed by atoms with E-state index in [1.165, 1.54) is 6.92 Å². The maximum absolute atomic E-state index is 11.8. The van der Waals surface area contributed by atoms with Gasteiger partial charge >= 0.3 is 5.97 Å². The molecule has 5 heteroatoms. The van der Waals surface area contributed by atoms with Crippen molar-refractivity contribution in [1.29, 1.82) is 0 Å². The molecule has 2 aromatic carbocycles. The number of benzene rings is 2. The number of anilines is 1. The molecule has 0 radical (unpaired) electrons. The van der Waals surface area contributed by atoms with Crippen LogP contribution in [-0.4, -0.2) is 22.8 Å². The molecule has 116 valence electrons. The number of amides is 1. The first-order valence-electron chi connectivity index (χ1n) is 6.90. The summed E-state index contributed by atoms with van der Waals surface area (Å²) in [6.07, 6.45) is 1.82. The average molecular weight is 309 g/mol. The molecular weight excluding hydrogens is 294 g/mol. The summed E-state index contributed by atoms with van der Waals surface area (Å²) in [5.74, 6) is -1.71. The van der Waals surface area contributed by atoms with Gasteiger partial charge in [0.05, 0.1) is 0 Å². The highest BCUT2D eigenvalue weighted by atomic mass is 16.4. The molecule has 2 aromatic rings. The Labute approximate surface area is 133 Å². The third-order valence-electron chi connectivity index (χ3n) is 3.10. The Morgan fingerprint density at radius 3 is 2.22 bits per heavy atom. The molecule has 2 N–H and O–H groups in total. The van der Waals surface area contributed by atoms with Crippen LogP contribution in [-0.2, 0) is 9.59 Å². The number of carboxylic acid groups (broad SMARTS) is 1. The molecule has 1 amide bonds. The summed E-state index contributed by atoms with van der Waals surface area (Å²) in [5.41, 5.74) is 2.75. The van der Waals surface area contributed by atoms with Gasteiger partial charge in [-0.15, -0.1) is 0 Å². The normalized spacial score (nSPS) is 10.5. The van der Waals surface area contributed by atoms with E-state index in [0.29, 0.717) is 11.3 Å². The summed E-state index contributed by atoms with van der Waals surface area (Å²) in [6.45, 7) is 1.44. The van der Waals surface area contributed by atoms with E-state index >= 15 is 0 Å². The summed E-state index contributed by atoms with van der Waals surface area (Å²) in [5, 5.41) is 11.3. The van der Waals surface area contributed by atoms with E-state index in [4.69, 9.17) is 5.11 Å². The topological polar surface area (TPSA) is 83.5 Å². The Morgan fingerprint density at radius 2 is 1.61 bits per heavy atom. The Morgan fingerprint density at radius 1 is 0.957 bits per heavy atom. The summed E-state index contributed by atoms with van der Waals surface area (Å²) in [7, 11) is 0. The van der Waals surface area contributed by atoms with Crippen molar-refractivity contribution in [2.75, 3.05) is 5.32 Å². The molecule has 0 fully saturated rings. The molecule has 0 aliphatic rings. The lowest BCUT2D eigenvalue weighted by Gasteiger charge is -2.10. The minimum absolute atomic E-state index is 0.164. The van der Waals surface area contributed by atoms with Crippen molar-refractivity contribution in [3.63, 3.8) is 0 Å². The van der Waals surface area contributed by atoms with Crippen molar-refractivity contribution in [2.24, 2.45) is 0 Å². The molecule has 23 heavy (non-hydrogen) atoms. The zero-order valence-corrected chi connectivity index (χ0v) is 12.4. The molecular formula is C18H15NO4. The molecule has 0 aromatic heterocycles. The average Bonchev–Trinajstić information content (AvgIpc) is 2.53. The smallest absolute Gasteiger partial charge is 0.328 e. The van der Waals surface area contributed by atoms with Crippen LogP contribution in [0.3, 0.4) is 0 Å². The largest absolute Gasteiger partial charge is 0.478 e. The number of carbonyl (C=O) groups is 3.